The van der Waals surface area contributed by atoms with Gasteiger partial charge in [0.1, 0.15) is 0 Å². The molecule has 0 saturated carbocycles. The lowest BCUT2D eigenvalue weighted by atomic mass is 10.0. The first kappa shape index (κ1) is 15.5. The minimum absolute atomic E-state index is 0.459. The number of rotatable bonds is 8. The zero-order valence-corrected chi connectivity index (χ0v) is 13.8. The Labute approximate surface area is 127 Å². The molecule has 1 nitrogen and oxygen atoms in total. The van der Waals surface area contributed by atoms with E-state index in [4.69, 9.17) is 0 Å². The fourth-order valence-electron chi connectivity index (χ4n) is 2.76. The first-order chi connectivity index (χ1) is 9.74. The Morgan fingerprint density at radius 1 is 1.10 bits per heavy atom. The average molecular weight is 289 g/mol. The standard InChI is InChI=1S/C18H27NS/c1-4-6-11-16(9-5-2)19-14(3)18-13-15-10-7-8-12-17(15)20-18/h7-8,10,12-14,16,19H,4-6,9,11H2,1-3H3. The summed E-state index contributed by atoms with van der Waals surface area (Å²) < 4.78 is 1.40. The van der Waals surface area contributed by atoms with Crippen LogP contribution in [0.4, 0.5) is 0 Å². The van der Waals surface area contributed by atoms with E-state index in [0.29, 0.717) is 12.1 Å². The van der Waals surface area contributed by atoms with Gasteiger partial charge in [-0.3, -0.25) is 0 Å². The Kier molecular flexibility index (Phi) is 6.06. The number of hydrogen-bond donors (Lipinski definition) is 1. The van der Waals surface area contributed by atoms with Gasteiger partial charge in [0.05, 0.1) is 0 Å². The summed E-state index contributed by atoms with van der Waals surface area (Å²) in [7, 11) is 0. The van der Waals surface area contributed by atoms with Crippen molar-refractivity contribution in [2.45, 2.75) is 65.0 Å². The topological polar surface area (TPSA) is 12.0 Å². The van der Waals surface area contributed by atoms with Crippen molar-refractivity contribution in [3.05, 3.63) is 35.2 Å². The number of thiophene rings is 1. The predicted octanol–water partition coefficient (Wildman–Crippen LogP) is 5.91. The molecule has 0 aliphatic rings. The lowest BCUT2D eigenvalue weighted by Gasteiger charge is -2.22. The molecule has 1 aromatic heterocycles. The van der Waals surface area contributed by atoms with E-state index in [-0.39, 0.29) is 0 Å². The zero-order chi connectivity index (χ0) is 14.4. The molecule has 1 N–H and O–H groups in total. The van der Waals surface area contributed by atoms with Gasteiger partial charge in [0.25, 0.3) is 0 Å². The molecule has 0 saturated heterocycles. The van der Waals surface area contributed by atoms with Crippen LogP contribution in [0, 0.1) is 0 Å². The van der Waals surface area contributed by atoms with E-state index >= 15 is 0 Å². The van der Waals surface area contributed by atoms with E-state index in [2.05, 4.69) is 56.4 Å². The summed E-state index contributed by atoms with van der Waals surface area (Å²) in [4.78, 5) is 1.46. The van der Waals surface area contributed by atoms with Crippen molar-refractivity contribution in [2.75, 3.05) is 0 Å². The molecule has 2 unspecified atom stereocenters. The van der Waals surface area contributed by atoms with Crippen molar-refractivity contribution in [2.24, 2.45) is 0 Å². The second-order valence-electron chi connectivity index (χ2n) is 5.70. The molecule has 2 aromatic rings. The quantitative estimate of drug-likeness (QED) is 0.637. The third kappa shape index (κ3) is 4.07. The van der Waals surface area contributed by atoms with Gasteiger partial charge in [-0.15, -0.1) is 11.3 Å². The summed E-state index contributed by atoms with van der Waals surface area (Å²) >= 11 is 1.93. The van der Waals surface area contributed by atoms with E-state index < -0.39 is 0 Å². The summed E-state index contributed by atoms with van der Waals surface area (Å²) in [6.45, 7) is 6.86. The molecule has 2 heteroatoms. The Morgan fingerprint density at radius 2 is 1.90 bits per heavy atom. The largest absolute Gasteiger partial charge is 0.307 e. The second kappa shape index (κ2) is 7.80. The van der Waals surface area contributed by atoms with Crippen molar-refractivity contribution in [1.82, 2.24) is 5.32 Å². The monoisotopic (exact) mass is 289 g/mol. The molecule has 0 amide bonds. The molecule has 0 spiro atoms. The van der Waals surface area contributed by atoms with Crippen LogP contribution in [-0.4, -0.2) is 6.04 Å². The SMILES string of the molecule is CCCCC(CCC)NC(C)c1cc2ccccc2s1. The third-order valence-electron chi connectivity index (χ3n) is 3.90. The first-order valence-electron chi connectivity index (χ1n) is 7.99. The summed E-state index contributed by atoms with van der Waals surface area (Å²) in [6, 6.07) is 12.2. The zero-order valence-electron chi connectivity index (χ0n) is 13.0. The van der Waals surface area contributed by atoms with E-state index in [0.717, 1.165) is 0 Å². The maximum atomic E-state index is 3.84. The maximum Gasteiger partial charge on any atom is 0.0388 e. The van der Waals surface area contributed by atoms with Crippen LogP contribution in [0.5, 0.6) is 0 Å². The van der Waals surface area contributed by atoms with Gasteiger partial charge in [0.2, 0.25) is 0 Å². The molecule has 0 bridgehead atoms. The fourth-order valence-corrected chi connectivity index (χ4v) is 3.84. The van der Waals surface area contributed by atoms with Gasteiger partial charge in [-0.2, -0.15) is 0 Å². The van der Waals surface area contributed by atoms with Crippen molar-refractivity contribution in [3.63, 3.8) is 0 Å². The highest BCUT2D eigenvalue weighted by atomic mass is 32.1. The van der Waals surface area contributed by atoms with Gasteiger partial charge < -0.3 is 5.32 Å². The van der Waals surface area contributed by atoms with Crippen molar-refractivity contribution in [3.8, 4) is 0 Å². The number of fused-ring (bicyclic) bond motifs is 1. The average Bonchev–Trinajstić information content (AvgIpc) is 2.89. The van der Waals surface area contributed by atoms with Crippen LogP contribution in [0.15, 0.2) is 30.3 Å². The molecule has 0 radical (unpaired) electrons. The Balaban J connectivity index is 2.03. The fraction of sp³-hybridized carbons (Fsp3) is 0.556. The molecule has 1 heterocycles. The van der Waals surface area contributed by atoms with Gasteiger partial charge >= 0.3 is 0 Å². The lowest BCUT2D eigenvalue weighted by molar-refractivity contribution is 0.398. The maximum absolute atomic E-state index is 3.84. The molecule has 1 aromatic carbocycles. The molecular weight excluding hydrogens is 262 g/mol. The Bertz CT molecular complexity index is 484. The second-order valence-corrected chi connectivity index (χ2v) is 6.82. The Hall–Kier alpha value is -0.860. The molecular formula is C18H27NS. The minimum atomic E-state index is 0.459. The van der Waals surface area contributed by atoms with E-state index in [9.17, 15) is 0 Å². The number of nitrogens with one attached hydrogen (secondary N) is 1. The smallest absolute Gasteiger partial charge is 0.0388 e. The minimum Gasteiger partial charge on any atom is -0.307 e. The third-order valence-corrected chi connectivity index (χ3v) is 5.20. The molecule has 2 atom stereocenters. The Morgan fingerprint density at radius 3 is 2.60 bits per heavy atom. The predicted molar refractivity (Wildman–Crippen MR) is 91.6 cm³/mol. The van der Waals surface area contributed by atoms with Gasteiger partial charge in [0.15, 0.2) is 0 Å². The van der Waals surface area contributed by atoms with Crippen molar-refractivity contribution in [1.29, 1.82) is 0 Å². The van der Waals surface area contributed by atoms with Gasteiger partial charge in [-0.05, 0) is 37.3 Å². The highest BCUT2D eigenvalue weighted by Gasteiger charge is 2.14. The number of hydrogen-bond acceptors (Lipinski definition) is 2. The lowest BCUT2D eigenvalue weighted by Crippen LogP contribution is -2.31. The number of unbranched alkanes of at least 4 members (excludes halogenated alkanes) is 1. The van der Waals surface area contributed by atoms with E-state index in [1.165, 1.54) is 47.1 Å². The molecule has 0 aliphatic carbocycles. The van der Waals surface area contributed by atoms with Crippen LogP contribution >= 0.6 is 11.3 Å². The van der Waals surface area contributed by atoms with Crippen LogP contribution in [-0.2, 0) is 0 Å². The van der Waals surface area contributed by atoms with Gasteiger partial charge in [0, 0.05) is 21.7 Å². The number of benzene rings is 1. The van der Waals surface area contributed by atoms with Crippen LogP contribution in [0.2, 0.25) is 0 Å². The highest BCUT2D eigenvalue weighted by Crippen LogP contribution is 2.30. The van der Waals surface area contributed by atoms with Crippen LogP contribution in [0.1, 0.15) is 63.8 Å². The summed E-state index contributed by atoms with van der Waals surface area (Å²) in [5.41, 5.74) is 0. The van der Waals surface area contributed by atoms with Crippen LogP contribution in [0.3, 0.4) is 0 Å². The first-order valence-corrected chi connectivity index (χ1v) is 8.80. The summed E-state index contributed by atoms with van der Waals surface area (Å²) in [5.74, 6) is 0. The van der Waals surface area contributed by atoms with E-state index in [1.807, 2.05) is 11.3 Å². The highest BCUT2D eigenvalue weighted by molar-refractivity contribution is 7.19. The van der Waals surface area contributed by atoms with Gasteiger partial charge in [-0.25, -0.2) is 0 Å². The normalized spacial score (nSPS) is 14.6. The van der Waals surface area contributed by atoms with Crippen molar-refractivity contribution >= 4 is 21.4 Å². The van der Waals surface area contributed by atoms with Crippen molar-refractivity contribution < 1.29 is 0 Å². The van der Waals surface area contributed by atoms with Crippen LogP contribution < -0.4 is 5.32 Å². The summed E-state index contributed by atoms with van der Waals surface area (Å²) in [6.07, 6.45) is 6.48. The van der Waals surface area contributed by atoms with E-state index in [1.54, 1.807) is 0 Å². The molecule has 0 fully saturated rings. The molecule has 20 heavy (non-hydrogen) atoms. The molecule has 110 valence electrons. The summed E-state index contributed by atoms with van der Waals surface area (Å²) in [5, 5.41) is 5.22. The van der Waals surface area contributed by atoms with Gasteiger partial charge in [-0.1, -0.05) is 51.3 Å². The molecule has 2 rings (SSSR count). The molecule has 0 aliphatic heterocycles. The van der Waals surface area contributed by atoms with Crippen LogP contribution in [0.25, 0.3) is 10.1 Å².